The lowest BCUT2D eigenvalue weighted by Gasteiger charge is -2.04. The van der Waals surface area contributed by atoms with Gasteiger partial charge in [0.2, 0.25) is 5.95 Å². The summed E-state index contributed by atoms with van der Waals surface area (Å²) < 4.78 is 0. The van der Waals surface area contributed by atoms with Gasteiger partial charge in [0.1, 0.15) is 17.5 Å². The van der Waals surface area contributed by atoms with Gasteiger partial charge in [0, 0.05) is 18.5 Å². The number of aromatic nitrogens is 4. The average molecular weight is 205 g/mol. The van der Waals surface area contributed by atoms with Crippen molar-refractivity contribution >= 4 is 17.6 Å². The maximum absolute atomic E-state index is 5.51. The van der Waals surface area contributed by atoms with Gasteiger partial charge in [0.25, 0.3) is 0 Å². The Labute approximate surface area is 86.0 Å². The molecule has 2 aromatic heterocycles. The number of nitrogen functional groups attached to an aromatic ring is 2. The van der Waals surface area contributed by atoms with E-state index >= 15 is 0 Å². The lowest BCUT2D eigenvalue weighted by atomic mass is 10.5. The molecule has 7 heteroatoms. The Balaban J connectivity index is 2.05. The molecule has 6 N–H and O–H groups in total. The number of hydrogen-bond acceptors (Lipinski definition) is 6. The summed E-state index contributed by atoms with van der Waals surface area (Å²) in [5.74, 6) is 1.88. The van der Waals surface area contributed by atoms with Gasteiger partial charge >= 0.3 is 0 Å². The van der Waals surface area contributed by atoms with E-state index < -0.39 is 0 Å². The van der Waals surface area contributed by atoms with Crippen molar-refractivity contribution < 1.29 is 0 Å². The standard InChI is InChI=1S/C8H11N7/c9-5-3-6(15-8(10)14-5)13-4-7-11-1-2-12-7/h1-3H,4H2,(H,11,12)(H5,9,10,13,14,15). The summed E-state index contributed by atoms with van der Waals surface area (Å²) in [6.45, 7) is 0.531. The van der Waals surface area contributed by atoms with Crippen LogP contribution in [-0.4, -0.2) is 19.9 Å². The highest BCUT2D eigenvalue weighted by Crippen LogP contribution is 2.09. The van der Waals surface area contributed by atoms with Crippen molar-refractivity contribution in [1.29, 1.82) is 0 Å². The second-order valence-electron chi connectivity index (χ2n) is 2.93. The fraction of sp³-hybridized carbons (Fsp3) is 0.125. The van der Waals surface area contributed by atoms with Crippen molar-refractivity contribution in [2.45, 2.75) is 6.54 Å². The number of imidazole rings is 1. The van der Waals surface area contributed by atoms with Crippen molar-refractivity contribution in [2.24, 2.45) is 0 Å². The smallest absolute Gasteiger partial charge is 0.223 e. The molecule has 78 valence electrons. The van der Waals surface area contributed by atoms with Crippen LogP contribution in [0.2, 0.25) is 0 Å². The zero-order valence-corrected chi connectivity index (χ0v) is 7.94. The molecule has 0 aliphatic carbocycles. The van der Waals surface area contributed by atoms with E-state index in [0.29, 0.717) is 18.2 Å². The number of H-pyrrole nitrogens is 1. The number of rotatable bonds is 3. The number of anilines is 3. The minimum atomic E-state index is 0.150. The molecule has 2 aromatic rings. The van der Waals surface area contributed by atoms with E-state index in [1.54, 1.807) is 18.5 Å². The van der Waals surface area contributed by atoms with E-state index in [2.05, 4.69) is 25.3 Å². The van der Waals surface area contributed by atoms with Gasteiger partial charge < -0.3 is 21.8 Å². The summed E-state index contributed by atoms with van der Waals surface area (Å²) in [7, 11) is 0. The highest BCUT2D eigenvalue weighted by atomic mass is 15.1. The molecule has 15 heavy (non-hydrogen) atoms. The lowest BCUT2D eigenvalue weighted by Crippen LogP contribution is -2.06. The van der Waals surface area contributed by atoms with Gasteiger partial charge in [-0.3, -0.25) is 0 Å². The fourth-order valence-corrected chi connectivity index (χ4v) is 1.14. The number of nitrogens with zero attached hydrogens (tertiary/aromatic N) is 3. The average Bonchev–Trinajstić information content (AvgIpc) is 2.65. The van der Waals surface area contributed by atoms with Crippen LogP contribution in [0.1, 0.15) is 5.82 Å². The highest BCUT2D eigenvalue weighted by Gasteiger charge is 2.00. The quantitative estimate of drug-likeness (QED) is 0.559. The molecule has 0 aromatic carbocycles. The molecule has 0 aliphatic rings. The first-order valence-corrected chi connectivity index (χ1v) is 4.36. The van der Waals surface area contributed by atoms with Crippen LogP contribution in [0.4, 0.5) is 17.6 Å². The SMILES string of the molecule is Nc1cc(NCc2ncc[nH]2)nc(N)n1. The first kappa shape index (κ1) is 9.25. The minimum Gasteiger partial charge on any atom is -0.383 e. The highest BCUT2D eigenvalue weighted by molar-refractivity contribution is 5.48. The van der Waals surface area contributed by atoms with Gasteiger partial charge in [0.05, 0.1) is 6.54 Å². The molecule has 0 amide bonds. The van der Waals surface area contributed by atoms with Crippen LogP contribution in [0.25, 0.3) is 0 Å². The first-order chi connectivity index (χ1) is 7.24. The van der Waals surface area contributed by atoms with Gasteiger partial charge in [-0.1, -0.05) is 0 Å². The zero-order chi connectivity index (χ0) is 10.7. The first-order valence-electron chi connectivity index (χ1n) is 4.36. The van der Waals surface area contributed by atoms with Crippen molar-refractivity contribution in [3.8, 4) is 0 Å². The summed E-state index contributed by atoms with van der Waals surface area (Å²) in [5.41, 5.74) is 11.0. The molecular weight excluding hydrogens is 194 g/mol. The van der Waals surface area contributed by atoms with Gasteiger partial charge in [-0.05, 0) is 0 Å². The van der Waals surface area contributed by atoms with Crippen LogP contribution < -0.4 is 16.8 Å². The second-order valence-corrected chi connectivity index (χ2v) is 2.93. The van der Waals surface area contributed by atoms with Crippen molar-refractivity contribution in [3.05, 3.63) is 24.3 Å². The predicted octanol–water partition coefficient (Wildman–Crippen LogP) is -0.0238. The summed E-state index contributed by atoms with van der Waals surface area (Å²) in [4.78, 5) is 14.7. The van der Waals surface area contributed by atoms with Crippen LogP contribution in [0.15, 0.2) is 18.5 Å². The molecule has 0 unspecified atom stereocenters. The lowest BCUT2D eigenvalue weighted by molar-refractivity contribution is 0.985. The molecule has 0 bridgehead atoms. The van der Waals surface area contributed by atoms with Crippen molar-refractivity contribution in [1.82, 2.24) is 19.9 Å². The topological polar surface area (TPSA) is 119 Å². The predicted molar refractivity (Wildman–Crippen MR) is 56.8 cm³/mol. The fourth-order valence-electron chi connectivity index (χ4n) is 1.14. The monoisotopic (exact) mass is 205 g/mol. The van der Waals surface area contributed by atoms with Gasteiger partial charge in [-0.25, -0.2) is 4.98 Å². The van der Waals surface area contributed by atoms with Gasteiger partial charge in [-0.15, -0.1) is 0 Å². The molecule has 0 radical (unpaired) electrons. The molecule has 0 aliphatic heterocycles. The van der Waals surface area contributed by atoms with E-state index in [-0.39, 0.29) is 5.95 Å². The minimum absolute atomic E-state index is 0.150. The maximum atomic E-state index is 5.51. The summed E-state index contributed by atoms with van der Waals surface area (Å²) in [6, 6.07) is 1.61. The molecular formula is C8H11N7. The second kappa shape index (κ2) is 3.82. The van der Waals surface area contributed by atoms with Crippen LogP contribution >= 0.6 is 0 Å². The van der Waals surface area contributed by atoms with E-state index in [4.69, 9.17) is 11.5 Å². The third-order valence-corrected chi connectivity index (χ3v) is 1.76. The van der Waals surface area contributed by atoms with Crippen LogP contribution in [0, 0.1) is 0 Å². The number of nitrogens with one attached hydrogen (secondary N) is 2. The Hall–Kier alpha value is -2.31. The molecule has 2 heterocycles. The Kier molecular flexibility index (Phi) is 2.36. The number of hydrogen-bond donors (Lipinski definition) is 4. The molecule has 2 rings (SSSR count). The van der Waals surface area contributed by atoms with Crippen molar-refractivity contribution in [3.63, 3.8) is 0 Å². The van der Waals surface area contributed by atoms with Crippen LogP contribution in [0.3, 0.4) is 0 Å². The molecule has 7 nitrogen and oxygen atoms in total. The van der Waals surface area contributed by atoms with E-state index in [9.17, 15) is 0 Å². The molecule has 0 fully saturated rings. The molecule has 0 atom stereocenters. The molecule has 0 spiro atoms. The zero-order valence-electron chi connectivity index (χ0n) is 7.94. The largest absolute Gasteiger partial charge is 0.383 e. The Bertz CT molecular complexity index is 416. The Morgan fingerprint density at radius 1 is 1.33 bits per heavy atom. The number of nitrogens with two attached hydrogens (primary N) is 2. The Morgan fingerprint density at radius 2 is 2.20 bits per heavy atom. The van der Waals surface area contributed by atoms with E-state index in [0.717, 1.165) is 5.82 Å². The van der Waals surface area contributed by atoms with E-state index in [1.807, 2.05) is 0 Å². The Morgan fingerprint density at radius 3 is 2.87 bits per heavy atom. The maximum Gasteiger partial charge on any atom is 0.223 e. The van der Waals surface area contributed by atoms with Crippen LogP contribution in [-0.2, 0) is 6.54 Å². The summed E-state index contributed by atoms with van der Waals surface area (Å²) in [6.07, 6.45) is 3.43. The van der Waals surface area contributed by atoms with Crippen LogP contribution in [0.5, 0.6) is 0 Å². The summed E-state index contributed by atoms with van der Waals surface area (Å²) in [5, 5.41) is 3.02. The third kappa shape index (κ3) is 2.33. The number of aromatic amines is 1. The van der Waals surface area contributed by atoms with Gasteiger partial charge in [-0.2, -0.15) is 9.97 Å². The van der Waals surface area contributed by atoms with Gasteiger partial charge in [0.15, 0.2) is 0 Å². The summed E-state index contributed by atoms with van der Waals surface area (Å²) >= 11 is 0. The third-order valence-electron chi connectivity index (χ3n) is 1.76. The van der Waals surface area contributed by atoms with Crippen molar-refractivity contribution in [2.75, 3.05) is 16.8 Å². The molecule has 0 saturated heterocycles. The van der Waals surface area contributed by atoms with E-state index in [1.165, 1.54) is 0 Å². The normalized spacial score (nSPS) is 10.1. The molecule has 0 saturated carbocycles.